The topological polar surface area (TPSA) is 130 Å². The maximum atomic E-state index is 12.9. The zero-order chi connectivity index (χ0) is 18.3. The van der Waals surface area contributed by atoms with Crippen LogP contribution < -0.4 is 10.2 Å². The molecule has 5 N–H and O–H groups in total. The van der Waals surface area contributed by atoms with E-state index < -0.39 is 53.4 Å². The van der Waals surface area contributed by atoms with E-state index in [1.807, 2.05) is 0 Å². The van der Waals surface area contributed by atoms with Gasteiger partial charge in [0, 0.05) is 0 Å². The summed E-state index contributed by atoms with van der Waals surface area (Å²) >= 11 is 0.948. The molecule has 2 saturated heterocycles. The molecular weight excluding hydrogens is 348 g/mol. The molecule has 9 heteroatoms. The van der Waals surface area contributed by atoms with Crippen LogP contribution in [0.2, 0.25) is 0 Å². The quantitative estimate of drug-likeness (QED) is 0.462. The Bertz CT molecular complexity index is 686. The monoisotopic (exact) mass is 368 g/mol. The third-order valence-electron chi connectivity index (χ3n) is 4.56. The summed E-state index contributed by atoms with van der Waals surface area (Å²) in [5.41, 5.74) is 1.17. The molecule has 0 bridgehead atoms. The van der Waals surface area contributed by atoms with Crippen molar-refractivity contribution in [1.29, 1.82) is 0 Å². The number of urea groups is 1. The Hall–Kier alpha value is -1.65. The van der Waals surface area contributed by atoms with E-state index in [-0.39, 0.29) is 0 Å². The summed E-state index contributed by atoms with van der Waals surface area (Å²) in [5.74, 6) is -0.533. The van der Waals surface area contributed by atoms with Crippen molar-refractivity contribution in [3.63, 3.8) is 0 Å². The number of para-hydroxylation sites is 1. The number of fused-ring (bicyclic) bond motifs is 1. The molecule has 2 aliphatic heterocycles. The van der Waals surface area contributed by atoms with Gasteiger partial charge in [-0.3, -0.25) is 4.79 Å². The average Bonchev–Trinajstić information content (AvgIpc) is 2.59. The molecule has 1 aromatic carbocycles. The van der Waals surface area contributed by atoms with Crippen LogP contribution in [0.15, 0.2) is 24.3 Å². The second-order valence-corrected chi connectivity index (χ2v) is 7.51. The van der Waals surface area contributed by atoms with Crippen LogP contribution >= 0.6 is 11.8 Å². The van der Waals surface area contributed by atoms with Crippen molar-refractivity contribution < 1.29 is 30.0 Å². The van der Waals surface area contributed by atoms with Gasteiger partial charge in [-0.15, -0.1) is 11.8 Å². The first-order chi connectivity index (χ1) is 11.9. The Morgan fingerprint density at radius 1 is 1.24 bits per heavy atom. The Labute approximate surface area is 148 Å². The molecule has 0 aromatic heterocycles. The van der Waals surface area contributed by atoms with Gasteiger partial charge in [-0.05, 0) is 18.6 Å². The maximum absolute atomic E-state index is 12.9. The number of nitrogens with one attached hydrogen (secondary N) is 1. The van der Waals surface area contributed by atoms with Gasteiger partial charge in [0.05, 0.1) is 35.8 Å². The highest BCUT2D eigenvalue weighted by Gasteiger charge is 2.54. The zero-order valence-corrected chi connectivity index (χ0v) is 14.3. The maximum Gasteiger partial charge on any atom is 0.329 e. The lowest BCUT2D eigenvalue weighted by molar-refractivity contribution is -0.120. The first kappa shape index (κ1) is 18.2. The fraction of sp³-hybridized carbons (Fsp3) is 0.500. The van der Waals surface area contributed by atoms with E-state index in [9.17, 15) is 24.9 Å². The van der Waals surface area contributed by atoms with Crippen LogP contribution in [0, 0.1) is 6.92 Å². The minimum absolute atomic E-state index is 0.434. The van der Waals surface area contributed by atoms with Crippen LogP contribution in [-0.4, -0.2) is 73.8 Å². The highest BCUT2D eigenvalue weighted by molar-refractivity contribution is 8.01. The molecule has 6 atom stereocenters. The van der Waals surface area contributed by atoms with Crippen molar-refractivity contribution in [1.82, 2.24) is 5.32 Å². The normalized spacial score (nSPS) is 33.6. The number of aliphatic hydroxyl groups is 4. The fourth-order valence-electron chi connectivity index (χ4n) is 3.19. The predicted octanol–water partition coefficient (Wildman–Crippen LogP) is -1.02. The number of nitrogens with zero attached hydrogens (tertiary/aromatic N) is 1. The summed E-state index contributed by atoms with van der Waals surface area (Å²) in [5, 5.41) is 40.2. The molecule has 2 aliphatic rings. The van der Waals surface area contributed by atoms with Crippen molar-refractivity contribution in [2.24, 2.45) is 0 Å². The van der Waals surface area contributed by atoms with E-state index in [1.165, 1.54) is 0 Å². The molecule has 25 heavy (non-hydrogen) atoms. The standard InChI is InChI=1S/C16H20N2O6S/c1-7-4-2-3-5-8(7)18-15(23)14-10(17-16(18)24)11(21)12(22)13(25-14)9(20)6-19/h2-5,9-14,19-22H,6H2,1H3,(H,17,24)/t9-,10-,11-,12+,13-,14+/m1/s1. The number of aliphatic hydroxyl groups excluding tert-OH is 4. The number of aryl methyl sites for hydroxylation is 1. The smallest absolute Gasteiger partial charge is 0.329 e. The summed E-state index contributed by atoms with van der Waals surface area (Å²) < 4.78 is 0. The number of hydrogen-bond acceptors (Lipinski definition) is 7. The van der Waals surface area contributed by atoms with E-state index in [4.69, 9.17) is 5.11 Å². The zero-order valence-electron chi connectivity index (χ0n) is 13.4. The van der Waals surface area contributed by atoms with Gasteiger partial charge in [-0.25, -0.2) is 9.69 Å². The van der Waals surface area contributed by atoms with Crippen LogP contribution in [0.1, 0.15) is 5.56 Å². The van der Waals surface area contributed by atoms with Crippen LogP contribution in [0.4, 0.5) is 10.5 Å². The molecule has 3 rings (SSSR count). The van der Waals surface area contributed by atoms with Crippen LogP contribution in [0.25, 0.3) is 0 Å². The van der Waals surface area contributed by atoms with Gasteiger partial charge in [-0.1, -0.05) is 18.2 Å². The Morgan fingerprint density at radius 2 is 1.92 bits per heavy atom. The molecule has 1 aromatic rings. The van der Waals surface area contributed by atoms with Crippen molar-refractivity contribution >= 4 is 29.4 Å². The largest absolute Gasteiger partial charge is 0.394 e. The Morgan fingerprint density at radius 3 is 2.56 bits per heavy atom. The van der Waals surface area contributed by atoms with E-state index in [0.29, 0.717) is 5.69 Å². The molecule has 0 saturated carbocycles. The minimum Gasteiger partial charge on any atom is -0.394 e. The summed E-state index contributed by atoms with van der Waals surface area (Å²) in [6, 6.07) is 5.27. The third-order valence-corrected chi connectivity index (χ3v) is 6.26. The molecule has 136 valence electrons. The van der Waals surface area contributed by atoms with Crippen LogP contribution in [0.5, 0.6) is 0 Å². The summed E-state index contributed by atoms with van der Waals surface area (Å²) in [6.45, 7) is 1.16. The van der Waals surface area contributed by atoms with Gasteiger partial charge >= 0.3 is 6.03 Å². The molecular formula is C16H20N2O6S. The first-order valence-corrected chi connectivity index (χ1v) is 8.81. The molecule has 0 aliphatic carbocycles. The second-order valence-electron chi connectivity index (χ2n) is 6.19. The summed E-state index contributed by atoms with van der Waals surface area (Å²) in [7, 11) is 0. The number of imide groups is 1. The highest BCUT2D eigenvalue weighted by atomic mass is 32.2. The molecule has 2 heterocycles. The molecule has 8 nitrogen and oxygen atoms in total. The van der Waals surface area contributed by atoms with E-state index in [2.05, 4.69) is 5.32 Å². The number of rotatable bonds is 3. The summed E-state index contributed by atoms with van der Waals surface area (Å²) in [4.78, 5) is 26.4. The SMILES string of the molecule is Cc1ccccc1N1C(=O)N[C@@H]2[C@@H](O)[C@H](O)[C@@H]([C@H](O)CO)S[C@@H]2C1=O. The van der Waals surface area contributed by atoms with Crippen molar-refractivity contribution in [3.8, 4) is 0 Å². The van der Waals surface area contributed by atoms with Crippen molar-refractivity contribution in [2.75, 3.05) is 11.5 Å². The Kier molecular flexibility index (Phi) is 5.03. The number of benzene rings is 1. The van der Waals surface area contributed by atoms with Crippen LogP contribution in [-0.2, 0) is 4.79 Å². The van der Waals surface area contributed by atoms with Crippen molar-refractivity contribution in [3.05, 3.63) is 29.8 Å². The van der Waals surface area contributed by atoms with E-state index >= 15 is 0 Å². The van der Waals surface area contributed by atoms with Gasteiger partial charge in [0.1, 0.15) is 11.4 Å². The molecule has 0 spiro atoms. The number of carbonyl (C=O) groups excluding carboxylic acids is 2. The number of anilines is 1. The van der Waals surface area contributed by atoms with Gasteiger partial charge in [0.25, 0.3) is 5.91 Å². The second kappa shape index (κ2) is 6.93. The lowest BCUT2D eigenvalue weighted by Gasteiger charge is -2.47. The van der Waals surface area contributed by atoms with E-state index in [0.717, 1.165) is 22.2 Å². The molecule has 0 unspecified atom stereocenters. The fourth-order valence-corrected chi connectivity index (χ4v) is 4.74. The summed E-state index contributed by atoms with van der Waals surface area (Å²) in [6.07, 6.45) is -4.11. The molecule has 2 fully saturated rings. The lowest BCUT2D eigenvalue weighted by atomic mass is 9.94. The molecule has 3 amide bonds. The van der Waals surface area contributed by atoms with Gasteiger partial charge in [0.15, 0.2) is 0 Å². The molecule has 0 radical (unpaired) electrons. The van der Waals surface area contributed by atoms with Gasteiger partial charge in [-0.2, -0.15) is 0 Å². The third kappa shape index (κ3) is 3.02. The predicted molar refractivity (Wildman–Crippen MR) is 91.3 cm³/mol. The van der Waals surface area contributed by atoms with Gasteiger partial charge < -0.3 is 25.7 Å². The van der Waals surface area contributed by atoms with Crippen molar-refractivity contribution in [2.45, 2.75) is 41.8 Å². The minimum atomic E-state index is -1.43. The number of thioether (sulfide) groups is 1. The number of carbonyl (C=O) groups is 2. The lowest BCUT2D eigenvalue weighted by Crippen LogP contribution is -2.71. The number of hydrogen-bond donors (Lipinski definition) is 5. The highest BCUT2D eigenvalue weighted by Crippen LogP contribution is 2.38. The van der Waals surface area contributed by atoms with Gasteiger partial charge in [0.2, 0.25) is 0 Å². The van der Waals surface area contributed by atoms with E-state index in [1.54, 1.807) is 31.2 Å². The number of amides is 3. The Balaban J connectivity index is 1.94. The van der Waals surface area contributed by atoms with Crippen LogP contribution in [0.3, 0.4) is 0 Å². The first-order valence-electron chi connectivity index (χ1n) is 7.87. The average molecular weight is 368 g/mol.